The average Bonchev–Trinajstić information content (AvgIpc) is 2.86. The van der Waals surface area contributed by atoms with Crippen molar-refractivity contribution in [3.8, 4) is 6.07 Å². The molecule has 2 N–H and O–H groups in total. The molecule has 5 aliphatic carbocycles. The van der Waals surface area contributed by atoms with Crippen molar-refractivity contribution < 1.29 is 19.5 Å². The number of allylic oxidation sites excluding steroid dienone is 4. The van der Waals surface area contributed by atoms with Crippen LogP contribution in [0.3, 0.4) is 0 Å². The van der Waals surface area contributed by atoms with Gasteiger partial charge in [0, 0.05) is 23.3 Å². The lowest BCUT2D eigenvalue weighted by Crippen LogP contribution is -2.66. The van der Waals surface area contributed by atoms with Gasteiger partial charge in [0.2, 0.25) is 5.91 Å². The maximum absolute atomic E-state index is 14.5. The third-order valence-corrected chi connectivity index (χ3v) is 12.7. The second kappa shape index (κ2) is 8.62. The zero-order valence-corrected chi connectivity index (χ0v) is 24.9. The zero-order chi connectivity index (χ0) is 28.8. The van der Waals surface area contributed by atoms with Crippen molar-refractivity contribution in [2.45, 2.75) is 93.4 Å². The van der Waals surface area contributed by atoms with Crippen molar-refractivity contribution in [3.63, 3.8) is 0 Å². The molecular weight excluding hydrogens is 488 g/mol. The first-order valence-corrected chi connectivity index (χ1v) is 14.9. The summed E-state index contributed by atoms with van der Waals surface area (Å²) >= 11 is 0. The first-order valence-electron chi connectivity index (χ1n) is 14.9. The van der Waals surface area contributed by atoms with Crippen molar-refractivity contribution >= 4 is 17.5 Å². The van der Waals surface area contributed by atoms with Crippen LogP contribution in [0.15, 0.2) is 23.3 Å². The fourth-order valence-corrected chi connectivity index (χ4v) is 10.4. The van der Waals surface area contributed by atoms with Gasteiger partial charge in [-0.25, -0.2) is 0 Å². The van der Waals surface area contributed by atoms with Gasteiger partial charge in [-0.05, 0) is 79.1 Å². The van der Waals surface area contributed by atoms with E-state index >= 15 is 0 Å². The molecule has 6 heteroatoms. The number of aliphatic hydroxyl groups excluding tert-OH is 1. The van der Waals surface area contributed by atoms with Crippen molar-refractivity contribution in [2.24, 2.45) is 50.2 Å². The van der Waals surface area contributed by atoms with E-state index in [2.05, 4.69) is 46.0 Å². The Hall–Kier alpha value is -2.26. The minimum absolute atomic E-state index is 0.00311. The molecule has 2 unspecified atom stereocenters. The van der Waals surface area contributed by atoms with E-state index in [9.17, 15) is 24.8 Å². The van der Waals surface area contributed by atoms with Gasteiger partial charge < -0.3 is 10.4 Å². The number of hydrogen-bond donors (Lipinski definition) is 2. The number of nitrogens with zero attached hydrogens (tertiary/aromatic N) is 1. The van der Waals surface area contributed by atoms with Crippen molar-refractivity contribution in [1.29, 1.82) is 5.26 Å². The first kappa shape index (κ1) is 28.3. The van der Waals surface area contributed by atoms with E-state index in [0.717, 1.165) is 50.5 Å². The van der Waals surface area contributed by atoms with Crippen molar-refractivity contribution in [3.05, 3.63) is 23.3 Å². The number of ketones is 2. The molecule has 0 aromatic carbocycles. The number of fused-ring (bicyclic) bond motifs is 7. The van der Waals surface area contributed by atoms with Gasteiger partial charge in [-0.3, -0.25) is 14.4 Å². The van der Waals surface area contributed by atoms with Crippen LogP contribution >= 0.6 is 0 Å². The summed E-state index contributed by atoms with van der Waals surface area (Å²) in [6.45, 7) is 15.3. The van der Waals surface area contributed by atoms with Crippen LogP contribution in [0.2, 0.25) is 0 Å². The Labute approximate surface area is 233 Å². The normalized spacial score (nSPS) is 43.9. The Bertz CT molecular complexity index is 1240. The van der Waals surface area contributed by atoms with Crippen molar-refractivity contribution in [1.82, 2.24) is 5.32 Å². The smallest absolute Gasteiger partial charge is 0.226 e. The molecule has 0 spiro atoms. The number of rotatable bonds is 3. The van der Waals surface area contributed by atoms with Gasteiger partial charge in [0.15, 0.2) is 11.6 Å². The monoisotopic (exact) mass is 534 g/mol. The average molecular weight is 535 g/mol. The van der Waals surface area contributed by atoms with Crippen LogP contribution in [-0.4, -0.2) is 35.7 Å². The fourth-order valence-electron chi connectivity index (χ4n) is 10.4. The predicted octanol–water partition coefficient (Wildman–Crippen LogP) is 5.31. The summed E-state index contributed by atoms with van der Waals surface area (Å²) in [6.07, 6.45) is 9.54. The lowest BCUT2D eigenvalue weighted by Gasteiger charge is -2.69. The van der Waals surface area contributed by atoms with E-state index < -0.39 is 16.2 Å². The molecule has 0 bridgehead atoms. The summed E-state index contributed by atoms with van der Waals surface area (Å²) in [5.74, 6) is -0.309. The Morgan fingerprint density at radius 1 is 1.05 bits per heavy atom. The lowest BCUT2D eigenvalue weighted by molar-refractivity contribution is -0.178. The highest BCUT2D eigenvalue weighted by Gasteiger charge is 2.70. The largest absolute Gasteiger partial charge is 0.395 e. The van der Waals surface area contributed by atoms with Crippen LogP contribution in [0.1, 0.15) is 93.4 Å². The number of carbonyl (C=O) groups is 3. The topological polar surface area (TPSA) is 107 Å². The molecule has 5 rings (SSSR count). The summed E-state index contributed by atoms with van der Waals surface area (Å²) in [5.41, 5.74) is -1.14. The Kier molecular flexibility index (Phi) is 6.25. The van der Waals surface area contributed by atoms with Gasteiger partial charge in [0.05, 0.1) is 17.6 Å². The Morgan fingerprint density at radius 2 is 1.72 bits per heavy atom. The molecule has 7 atom stereocenters. The lowest BCUT2D eigenvalue weighted by atomic mass is 9.34. The number of nitrogens with one attached hydrogen (secondary N) is 1. The van der Waals surface area contributed by atoms with Gasteiger partial charge in [-0.15, -0.1) is 0 Å². The molecular formula is C33H46N2O4. The number of aliphatic hydroxyl groups is 1. The van der Waals surface area contributed by atoms with Gasteiger partial charge in [-0.1, -0.05) is 60.1 Å². The molecule has 6 nitrogen and oxygen atoms in total. The van der Waals surface area contributed by atoms with Crippen LogP contribution < -0.4 is 5.32 Å². The van der Waals surface area contributed by atoms with Crippen molar-refractivity contribution in [2.75, 3.05) is 13.2 Å². The molecule has 0 aliphatic heterocycles. The molecule has 5 aliphatic rings. The quantitative estimate of drug-likeness (QED) is 0.510. The van der Waals surface area contributed by atoms with E-state index in [-0.39, 0.29) is 70.2 Å². The van der Waals surface area contributed by atoms with E-state index in [1.165, 1.54) is 0 Å². The maximum Gasteiger partial charge on any atom is 0.226 e. The fraction of sp³-hybridized carbons (Fsp3) is 0.758. The van der Waals surface area contributed by atoms with E-state index in [1.54, 1.807) is 0 Å². The molecule has 1 amide bonds. The van der Waals surface area contributed by atoms with Crippen LogP contribution in [-0.2, 0) is 14.4 Å². The molecule has 0 radical (unpaired) electrons. The molecule has 3 saturated carbocycles. The van der Waals surface area contributed by atoms with Gasteiger partial charge in [0.25, 0.3) is 0 Å². The van der Waals surface area contributed by atoms with Crippen LogP contribution in [0.4, 0.5) is 0 Å². The molecule has 0 saturated heterocycles. The van der Waals surface area contributed by atoms with E-state index in [4.69, 9.17) is 0 Å². The number of amides is 1. The number of Topliss-reactive ketones (excluding diaryl/α,β-unsaturated/α-hetero) is 1. The summed E-state index contributed by atoms with van der Waals surface area (Å²) in [4.78, 5) is 41.5. The van der Waals surface area contributed by atoms with Crippen LogP contribution in [0, 0.1) is 61.6 Å². The standard InChI is InChI=1S/C33H46N2O4/c1-28(2)10-12-33(27(39)35-14-15-36)13-11-32(7)25(21(33)18-28)22(37)16-24-30(5)17-20(19-34)26(38)29(3,4)23(30)8-9-31(24,32)6/h16-17,21,23,25,36H,8-15,18H2,1-7H3,(H,35,39)/t21?,23-,25?,30-,31+,32+,33-/m0/s1. The molecule has 3 fully saturated rings. The SMILES string of the molecule is CC1(C)CC[C@]2(C(=O)NCCO)CC[C@]3(C)C(C(=O)C=C4[C@@]5(C)C=C(C#N)C(=O)C(C)(C)[C@@H]5CC[C@]43C)C2C1. The van der Waals surface area contributed by atoms with Gasteiger partial charge in [-0.2, -0.15) is 5.26 Å². The van der Waals surface area contributed by atoms with Gasteiger partial charge in [0.1, 0.15) is 6.07 Å². The minimum atomic E-state index is -0.683. The highest BCUT2D eigenvalue weighted by Crippen LogP contribution is 2.74. The second-order valence-corrected chi connectivity index (χ2v) is 15.4. The highest BCUT2D eigenvalue weighted by atomic mass is 16.3. The minimum Gasteiger partial charge on any atom is -0.395 e. The number of carbonyl (C=O) groups excluding carboxylic acids is 3. The zero-order valence-electron chi connectivity index (χ0n) is 24.9. The third-order valence-electron chi connectivity index (χ3n) is 12.7. The summed E-state index contributed by atoms with van der Waals surface area (Å²) in [7, 11) is 0. The molecule has 212 valence electrons. The molecule has 0 heterocycles. The third kappa shape index (κ3) is 3.57. The summed E-state index contributed by atoms with van der Waals surface area (Å²) in [6, 6.07) is 2.17. The maximum atomic E-state index is 14.5. The Morgan fingerprint density at radius 3 is 2.36 bits per heavy atom. The van der Waals surface area contributed by atoms with Gasteiger partial charge >= 0.3 is 0 Å². The molecule has 0 aromatic rings. The van der Waals surface area contributed by atoms with E-state index in [1.807, 2.05) is 26.0 Å². The summed E-state index contributed by atoms with van der Waals surface area (Å²) < 4.78 is 0. The molecule has 0 aromatic heterocycles. The Balaban J connectivity index is 1.67. The number of nitriles is 1. The summed E-state index contributed by atoms with van der Waals surface area (Å²) in [5, 5.41) is 22.3. The predicted molar refractivity (Wildman–Crippen MR) is 149 cm³/mol. The van der Waals surface area contributed by atoms with Crippen LogP contribution in [0.25, 0.3) is 0 Å². The number of hydrogen-bond acceptors (Lipinski definition) is 5. The molecule has 39 heavy (non-hydrogen) atoms. The van der Waals surface area contributed by atoms with E-state index in [0.29, 0.717) is 0 Å². The first-order chi connectivity index (χ1) is 18.0. The van der Waals surface area contributed by atoms with Crippen LogP contribution in [0.5, 0.6) is 0 Å². The second-order valence-electron chi connectivity index (χ2n) is 15.4. The highest BCUT2D eigenvalue weighted by molar-refractivity contribution is 6.04.